The van der Waals surface area contributed by atoms with Crippen molar-refractivity contribution < 1.29 is 32.6 Å². The summed E-state index contributed by atoms with van der Waals surface area (Å²) in [5.74, 6) is -1.67. The van der Waals surface area contributed by atoms with Gasteiger partial charge in [0.05, 0.1) is 16.2 Å². The summed E-state index contributed by atoms with van der Waals surface area (Å²) in [7, 11) is 0. The fraction of sp³-hybridized carbons (Fsp3) is 0.190. The molecule has 1 atom stereocenters. The van der Waals surface area contributed by atoms with Crippen molar-refractivity contribution in [2.24, 2.45) is 0 Å². The van der Waals surface area contributed by atoms with E-state index in [0.29, 0.717) is 5.56 Å². The van der Waals surface area contributed by atoms with E-state index in [-0.39, 0.29) is 26.4 Å². The summed E-state index contributed by atoms with van der Waals surface area (Å²) in [6.07, 6.45) is -4.23. The third-order valence-electron chi connectivity index (χ3n) is 4.42. The van der Waals surface area contributed by atoms with Gasteiger partial charge in [-0.25, -0.2) is 4.79 Å². The Kier molecular flexibility index (Phi) is 7.16. The lowest BCUT2D eigenvalue weighted by Crippen LogP contribution is -2.30. The molecule has 0 aliphatic carbocycles. The Morgan fingerprint density at radius 1 is 1.31 bits per heavy atom. The monoisotopic (exact) mass is 501 g/mol. The largest absolute Gasteiger partial charge is 0.479 e. The van der Waals surface area contributed by atoms with Gasteiger partial charge in [-0.2, -0.15) is 13.2 Å². The number of aliphatic carboxylic acids is 1. The van der Waals surface area contributed by atoms with Crippen molar-refractivity contribution in [1.29, 1.82) is 0 Å². The third-order valence-corrected chi connectivity index (χ3v) is 5.96. The van der Waals surface area contributed by atoms with Gasteiger partial charge in [-0.3, -0.25) is 9.69 Å². The number of carboxylic acids is 1. The molecule has 1 aliphatic heterocycles. The topological polar surface area (TPSA) is 66.8 Å². The molecular formula is C21H15ClF3NO4S2. The lowest BCUT2D eigenvalue weighted by atomic mass is 10.1. The molecule has 0 radical (unpaired) electrons. The molecule has 32 heavy (non-hydrogen) atoms. The molecule has 0 spiro atoms. The zero-order chi connectivity index (χ0) is 23.6. The van der Waals surface area contributed by atoms with Crippen LogP contribution in [0.3, 0.4) is 0 Å². The zero-order valence-corrected chi connectivity index (χ0v) is 18.7. The number of thioether (sulfide) groups is 1. The molecule has 1 fully saturated rings. The van der Waals surface area contributed by atoms with Crippen LogP contribution in [0.15, 0.2) is 47.4 Å². The number of halogens is 4. The van der Waals surface area contributed by atoms with E-state index < -0.39 is 35.4 Å². The van der Waals surface area contributed by atoms with E-state index in [1.807, 2.05) is 0 Å². The van der Waals surface area contributed by atoms with Crippen molar-refractivity contribution >= 4 is 63.5 Å². The minimum Gasteiger partial charge on any atom is -0.479 e. The Labute approximate surface area is 195 Å². The second kappa shape index (κ2) is 9.51. The second-order valence-corrected chi connectivity index (χ2v) is 8.68. The molecule has 1 amide bonds. The Morgan fingerprint density at radius 3 is 2.62 bits per heavy atom. The summed E-state index contributed by atoms with van der Waals surface area (Å²) in [5, 5.41) is 9.11. The SMILES string of the molecule is CCC(Oc1ccccc1/C=C1/SC(=S)N(c2ccc(Cl)cc2C(F)(F)F)C1=O)C(=O)O. The van der Waals surface area contributed by atoms with Gasteiger partial charge in [0.2, 0.25) is 0 Å². The summed E-state index contributed by atoms with van der Waals surface area (Å²) >= 11 is 11.7. The lowest BCUT2D eigenvalue weighted by Gasteiger charge is -2.20. The smallest absolute Gasteiger partial charge is 0.418 e. The average Bonchev–Trinajstić information content (AvgIpc) is 2.99. The highest BCUT2D eigenvalue weighted by atomic mass is 35.5. The van der Waals surface area contributed by atoms with Crippen molar-refractivity contribution in [3.05, 3.63) is 63.5 Å². The van der Waals surface area contributed by atoms with Crippen LogP contribution in [0.2, 0.25) is 5.02 Å². The summed E-state index contributed by atoms with van der Waals surface area (Å²) in [6.45, 7) is 1.65. The molecule has 0 aromatic heterocycles. The molecule has 0 bridgehead atoms. The van der Waals surface area contributed by atoms with E-state index >= 15 is 0 Å². The van der Waals surface area contributed by atoms with Gasteiger partial charge in [0.25, 0.3) is 5.91 Å². The van der Waals surface area contributed by atoms with Crippen molar-refractivity contribution in [1.82, 2.24) is 0 Å². The van der Waals surface area contributed by atoms with Crippen molar-refractivity contribution in [2.45, 2.75) is 25.6 Å². The normalized spacial score (nSPS) is 16.5. The van der Waals surface area contributed by atoms with Crippen molar-refractivity contribution in [2.75, 3.05) is 4.90 Å². The quantitative estimate of drug-likeness (QED) is 0.386. The molecule has 1 saturated heterocycles. The number of amides is 1. The molecule has 5 nitrogen and oxygen atoms in total. The highest BCUT2D eigenvalue weighted by Crippen LogP contribution is 2.43. The first-order valence-corrected chi connectivity index (χ1v) is 10.8. The van der Waals surface area contributed by atoms with Gasteiger partial charge < -0.3 is 9.84 Å². The number of carbonyl (C=O) groups is 2. The predicted octanol–water partition coefficient (Wildman–Crippen LogP) is 6.01. The molecule has 168 valence electrons. The van der Waals surface area contributed by atoms with Gasteiger partial charge in [-0.15, -0.1) is 0 Å². The van der Waals surface area contributed by atoms with Crippen LogP contribution in [0.25, 0.3) is 6.08 Å². The fourth-order valence-electron chi connectivity index (χ4n) is 2.92. The van der Waals surface area contributed by atoms with Gasteiger partial charge in [-0.1, -0.05) is 60.7 Å². The highest BCUT2D eigenvalue weighted by Gasteiger charge is 2.41. The number of anilines is 1. The van der Waals surface area contributed by atoms with Crippen LogP contribution in [0.4, 0.5) is 18.9 Å². The van der Waals surface area contributed by atoms with Gasteiger partial charge in [0.1, 0.15) is 5.75 Å². The van der Waals surface area contributed by atoms with Crippen molar-refractivity contribution in [3.8, 4) is 5.75 Å². The van der Waals surface area contributed by atoms with E-state index in [9.17, 15) is 27.9 Å². The molecule has 2 aromatic carbocycles. The summed E-state index contributed by atoms with van der Waals surface area (Å²) < 4.78 is 46.0. The molecule has 1 unspecified atom stereocenters. The third kappa shape index (κ3) is 5.08. The number of benzene rings is 2. The number of hydrogen-bond donors (Lipinski definition) is 1. The van der Waals surface area contributed by atoms with Crippen LogP contribution in [-0.4, -0.2) is 27.4 Å². The average molecular weight is 502 g/mol. The van der Waals surface area contributed by atoms with Gasteiger partial charge in [-0.05, 0) is 36.8 Å². The fourth-order valence-corrected chi connectivity index (χ4v) is 4.36. The lowest BCUT2D eigenvalue weighted by molar-refractivity contribution is -0.145. The van der Waals surface area contributed by atoms with E-state index in [2.05, 4.69) is 0 Å². The highest BCUT2D eigenvalue weighted by molar-refractivity contribution is 8.27. The van der Waals surface area contributed by atoms with E-state index in [4.69, 9.17) is 28.6 Å². The Hall–Kier alpha value is -2.56. The minimum absolute atomic E-state index is 0.0671. The Balaban J connectivity index is 1.99. The number of nitrogens with zero attached hydrogens (tertiary/aromatic N) is 1. The summed E-state index contributed by atoms with van der Waals surface area (Å²) in [6, 6.07) is 9.50. The molecule has 2 aromatic rings. The maximum absolute atomic E-state index is 13.5. The number of rotatable bonds is 6. The number of carbonyl (C=O) groups excluding carboxylic acids is 1. The molecule has 1 N–H and O–H groups in total. The van der Waals surface area contributed by atoms with Gasteiger partial charge >= 0.3 is 12.1 Å². The predicted molar refractivity (Wildman–Crippen MR) is 121 cm³/mol. The minimum atomic E-state index is -4.75. The van der Waals surface area contributed by atoms with Crippen LogP contribution in [0, 0.1) is 0 Å². The van der Waals surface area contributed by atoms with Crippen LogP contribution in [0.1, 0.15) is 24.5 Å². The number of para-hydroxylation sites is 1. The first kappa shape index (κ1) is 24.1. The van der Waals surface area contributed by atoms with Gasteiger partial charge in [0.15, 0.2) is 10.4 Å². The number of ether oxygens (including phenoxy) is 1. The molecule has 0 saturated carbocycles. The van der Waals surface area contributed by atoms with Crippen molar-refractivity contribution in [3.63, 3.8) is 0 Å². The standard InChI is InChI=1S/C21H15ClF3NO4S2/c1-2-15(19(28)29)30-16-6-4-3-5-11(16)9-17-18(27)26(20(31)32-17)14-8-7-12(22)10-13(14)21(23,24)25/h3-10,15H,2H2,1H3,(H,28,29)/b17-9+. The Bertz CT molecular complexity index is 1120. The number of thiocarbonyl (C=S) groups is 1. The maximum Gasteiger partial charge on any atom is 0.418 e. The first-order valence-electron chi connectivity index (χ1n) is 9.16. The number of hydrogen-bond acceptors (Lipinski definition) is 5. The number of alkyl halides is 3. The zero-order valence-electron chi connectivity index (χ0n) is 16.4. The molecular weight excluding hydrogens is 487 g/mol. The second-order valence-electron chi connectivity index (χ2n) is 6.57. The van der Waals surface area contributed by atoms with Crippen LogP contribution < -0.4 is 9.64 Å². The molecule has 1 heterocycles. The molecule has 1 aliphatic rings. The molecule has 3 rings (SSSR count). The van der Waals surface area contributed by atoms with E-state index in [0.717, 1.165) is 28.8 Å². The first-order chi connectivity index (χ1) is 15.0. The van der Waals surface area contributed by atoms with Gasteiger partial charge in [0, 0.05) is 10.6 Å². The van der Waals surface area contributed by atoms with Crippen LogP contribution >= 0.6 is 35.6 Å². The summed E-state index contributed by atoms with van der Waals surface area (Å²) in [4.78, 5) is 25.2. The Morgan fingerprint density at radius 2 is 2.00 bits per heavy atom. The van der Waals surface area contributed by atoms with Crippen LogP contribution in [-0.2, 0) is 15.8 Å². The molecule has 11 heteroatoms. The van der Waals surface area contributed by atoms with E-state index in [1.165, 1.54) is 12.1 Å². The summed E-state index contributed by atoms with van der Waals surface area (Å²) in [5.41, 5.74) is -1.12. The maximum atomic E-state index is 13.5. The number of carboxylic acid groups (broad SMARTS) is 1. The van der Waals surface area contributed by atoms with E-state index in [1.54, 1.807) is 31.2 Å². The van der Waals surface area contributed by atoms with Crippen LogP contribution in [0.5, 0.6) is 5.75 Å².